The molecular weight excluding hydrogens is 352 g/mol. The lowest BCUT2D eigenvalue weighted by Gasteiger charge is -2.38. The van der Waals surface area contributed by atoms with Gasteiger partial charge in [0.15, 0.2) is 0 Å². The molecule has 1 aromatic heterocycles. The summed E-state index contributed by atoms with van der Waals surface area (Å²) in [7, 11) is 0. The van der Waals surface area contributed by atoms with Crippen LogP contribution < -0.4 is 5.56 Å². The molecule has 0 aliphatic carbocycles. The maximum atomic E-state index is 12.9. The van der Waals surface area contributed by atoms with E-state index in [1.807, 2.05) is 4.57 Å². The molecule has 0 radical (unpaired) electrons. The van der Waals surface area contributed by atoms with Gasteiger partial charge in [-0.15, -0.1) is 0 Å². The van der Waals surface area contributed by atoms with Crippen molar-refractivity contribution in [3.63, 3.8) is 0 Å². The Kier molecular flexibility index (Phi) is 5.85. The number of piperidine rings is 1. The Morgan fingerprint density at radius 3 is 2.82 bits per heavy atom. The predicted octanol–water partition coefficient (Wildman–Crippen LogP) is 2.41. The fraction of sp³-hybridized carbons (Fsp3) is 0.773. The Bertz CT molecular complexity index is 774. The van der Waals surface area contributed by atoms with Crippen molar-refractivity contribution in [3.05, 3.63) is 27.9 Å². The third-order valence-electron chi connectivity index (χ3n) is 7.13. The number of carbonyl (C=O) groups is 1. The Balaban J connectivity index is 1.40. The van der Waals surface area contributed by atoms with E-state index in [0.29, 0.717) is 18.5 Å². The molecule has 3 aliphatic heterocycles. The normalized spacial score (nSPS) is 28.8. The van der Waals surface area contributed by atoms with Crippen LogP contribution in [0.15, 0.2) is 10.9 Å². The number of likely N-dealkylation sites (tertiary alicyclic amines) is 2. The van der Waals surface area contributed by atoms with E-state index in [4.69, 9.17) is 4.98 Å². The largest absolute Gasteiger partial charge is 0.339 e. The van der Waals surface area contributed by atoms with Gasteiger partial charge in [0.2, 0.25) is 5.91 Å². The number of aryl methyl sites for hydroxylation is 1. The van der Waals surface area contributed by atoms with Crippen molar-refractivity contribution in [2.75, 3.05) is 26.2 Å². The monoisotopic (exact) mass is 386 g/mol. The SMILES string of the molecule is C[C@H]1CCCN(C(=O)CN2CC[C@H](c3cc(=O)n4c(n3)CCCCC4)C2)[C@H]1C. The van der Waals surface area contributed by atoms with E-state index in [0.717, 1.165) is 69.8 Å². The third-order valence-corrected chi connectivity index (χ3v) is 7.13. The topological polar surface area (TPSA) is 58.4 Å². The smallest absolute Gasteiger partial charge is 0.253 e. The van der Waals surface area contributed by atoms with E-state index in [1.54, 1.807) is 6.07 Å². The van der Waals surface area contributed by atoms with Crippen LogP contribution in [0.25, 0.3) is 0 Å². The Labute approximate surface area is 167 Å². The van der Waals surface area contributed by atoms with Gasteiger partial charge in [-0.05, 0) is 51.5 Å². The van der Waals surface area contributed by atoms with Crippen LogP contribution in [-0.4, -0.2) is 57.5 Å². The lowest BCUT2D eigenvalue weighted by Crippen LogP contribution is -2.49. The first-order chi connectivity index (χ1) is 13.5. The first kappa shape index (κ1) is 19.6. The van der Waals surface area contributed by atoms with Gasteiger partial charge in [0.05, 0.1) is 12.2 Å². The zero-order valence-electron chi connectivity index (χ0n) is 17.4. The lowest BCUT2D eigenvalue weighted by atomic mass is 9.92. The first-order valence-electron chi connectivity index (χ1n) is 11.2. The standard InChI is InChI=1S/C22H34N4O2/c1-16-7-6-11-25(17(16)2)22(28)15-24-12-9-18(14-24)19-13-21(27)26-10-5-3-4-8-20(26)23-19/h13,16-18H,3-12,14-15H2,1-2H3/t16-,17-,18-/m0/s1. The Hall–Kier alpha value is -1.69. The molecule has 154 valence electrons. The van der Waals surface area contributed by atoms with E-state index in [2.05, 4.69) is 23.6 Å². The molecule has 0 bridgehead atoms. The maximum Gasteiger partial charge on any atom is 0.253 e. The van der Waals surface area contributed by atoms with Crippen LogP contribution in [-0.2, 0) is 17.8 Å². The molecule has 0 spiro atoms. The van der Waals surface area contributed by atoms with Crippen LogP contribution in [0.2, 0.25) is 0 Å². The van der Waals surface area contributed by atoms with Crippen molar-refractivity contribution >= 4 is 5.91 Å². The molecule has 1 aromatic rings. The van der Waals surface area contributed by atoms with Gasteiger partial charge in [0.25, 0.3) is 5.56 Å². The number of hydrogen-bond donors (Lipinski definition) is 0. The molecule has 4 rings (SSSR count). The Morgan fingerprint density at radius 2 is 1.96 bits per heavy atom. The van der Waals surface area contributed by atoms with Crippen molar-refractivity contribution in [1.29, 1.82) is 0 Å². The molecule has 6 nitrogen and oxygen atoms in total. The summed E-state index contributed by atoms with van der Waals surface area (Å²) in [5.74, 6) is 2.08. The number of rotatable bonds is 3. The van der Waals surface area contributed by atoms with Crippen molar-refractivity contribution in [3.8, 4) is 0 Å². The summed E-state index contributed by atoms with van der Waals surface area (Å²) in [6.07, 6.45) is 7.58. The molecule has 3 atom stereocenters. The van der Waals surface area contributed by atoms with E-state index >= 15 is 0 Å². The second-order valence-electron chi connectivity index (χ2n) is 9.07. The Morgan fingerprint density at radius 1 is 1.11 bits per heavy atom. The molecule has 0 aromatic carbocycles. The van der Waals surface area contributed by atoms with E-state index < -0.39 is 0 Å². The van der Waals surface area contributed by atoms with E-state index in [9.17, 15) is 9.59 Å². The highest BCUT2D eigenvalue weighted by atomic mass is 16.2. The molecular formula is C22H34N4O2. The van der Waals surface area contributed by atoms with Gasteiger partial charge in [-0.25, -0.2) is 4.98 Å². The summed E-state index contributed by atoms with van der Waals surface area (Å²) in [5, 5.41) is 0. The summed E-state index contributed by atoms with van der Waals surface area (Å²) in [6, 6.07) is 2.09. The van der Waals surface area contributed by atoms with Gasteiger partial charge < -0.3 is 4.90 Å². The lowest BCUT2D eigenvalue weighted by molar-refractivity contribution is -0.136. The van der Waals surface area contributed by atoms with Gasteiger partial charge in [0, 0.05) is 44.1 Å². The number of carbonyl (C=O) groups excluding carboxylic acids is 1. The van der Waals surface area contributed by atoms with Gasteiger partial charge >= 0.3 is 0 Å². The number of nitrogens with zero attached hydrogens (tertiary/aromatic N) is 4. The molecule has 3 aliphatic rings. The minimum absolute atomic E-state index is 0.104. The summed E-state index contributed by atoms with van der Waals surface area (Å²) in [5.41, 5.74) is 1.04. The minimum atomic E-state index is 0.104. The maximum absolute atomic E-state index is 12.9. The number of hydrogen-bond acceptors (Lipinski definition) is 4. The van der Waals surface area contributed by atoms with Crippen LogP contribution in [0.1, 0.15) is 69.8 Å². The summed E-state index contributed by atoms with van der Waals surface area (Å²) in [4.78, 5) is 34.6. The predicted molar refractivity (Wildman–Crippen MR) is 109 cm³/mol. The second kappa shape index (κ2) is 8.36. The highest BCUT2D eigenvalue weighted by Gasteiger charge is 2.32. The average molecular weight is 387 g/mol. The van der Waals surface area contributed by atoms with Gasteiger partial charge in [-0.1, -0.05) is 13.3 Å². The molecule has 6 heteroatoms. The van der Waals surface area contributed by atoms with Crippen molar-refractivity contribution in [2.45, 2.75) is 77.3 Å². The molecule has 0 unspecified atom stereocenters. The highest BCUT2D eigenvalue weighted by Crippen LogP contribution is 2.27. The number of aromatic nitrogens is 2. The van der Waals surface area contributed by atoms with Crippen LogP contribution in [0.3, 0.4) is 0 Å². The van der Waals surface area contributed by atoms with E-state index in [-0.39, 0.29) is 17.4 Å². The van der Waals surface area contributed by atoms with Crippen LogP contribution >= 0.6 is 0 Å². The quantitative estimate of drug-likeness (QED) is 0.800. The average Bonchev–Trinajstić information content (AvgIpc) is 2.99. The number of amides is 1. The molecule has 1 amide bonds. The zero-order chi connectivity index (χ0) is 19.7. The van der Waals surface area contributed by atoms with Gasteiger partial charge in [-0.3, -0.25) is 19.1 Å². The number of fused-ring (bicyclic) bond motifs is 1. The molecule has 4 heterocycles. The van der Waals surface area contributed by atoms with Crippen LogP contribution in [0.5, 0.6) is 0 Å². The molecule has 2 fully saturated rings. The minimum Gasteiger partial charge on any atom is -0.339 e. The molecule has 0 N–H and O–H groups in total. The second-order valence-corrected chi connectivity index (χ2v) is 9.07. The van der Waals surface area contributed by atoms with Gasteiger partial charge in [0.1, 0.15) is 5.82 Å². The highest BCUT2D eigenvalue weighted by molar-refractivity contribution is 5.78. The van der Waals surface area contributed by atoms with Crippen LogP contribution in [0.4, 0.5) is 0 Å². The van der Waals surface area contributed by atoms with Crippen molar-refractivity contribution in [1.82, 2.24) is 19.4 Å². The molecule has 2 saturated heterocycles. The summed E-state index contributed by atoms with van der Waals surface area (Å²) < 4.78 is 1.87. The molecule has 0 saturated carbocycles. The zero-order valence-corrected chi connectivity index (χ0v) is 17.4. The van der Waals surface area contributed by atoms with Crippen molar-refractivity contribution < 1.29 is 4.79 Å². The summed E-state index contributed by atoms with van der Waals surface area (Å²) in [6.45, 7) is 8.37. The molecule has 28 heavy (non-hydrogen) atoms. The summed E-state index contributed by atoms with van der Waals surface area (Å²) >= 11 is 0. The van der Waals surface area contributed by atoms with E-state index in [1.165, 1.54) is 12.8 Å². The third kappa shape index (κ3) is 4.02. The fourth-order valence-electron chi connectivity index (χ4n) is 5.13. The fourth-order valence-corrected chi connectivity index (χ4v) is 5.13. The van der Waals surface area contributed by atoms with Gasteiger partial charge in [-0.2, -0.15) is 0 Å². The first-order valence-corrected chi connectivity index (χ1v) is 11.2. The van der Waals surface area contributed by atoms with Crippen LogP contribution in [0, 0.1) is 5.92 Å². The van der Waals surface area contributed by atoms with Crippen molar-refractivity contribution in [2.24, 2.45) is 5.92 Å².